The van der Waals surface area contributed by atoms with Crippen LogP contribution in [0.25, 0.3) is 0 Å². The lowest BCUT2D eigenvalue weighted by Crippen LogP contribution is -2.36. The van der Waals surface area contributed by atoms with E-state index in [1.807, 2.05) is 23.9 Å². The molecule has 3 nitrogen and oxygen atoms in total. The van der Waals surface area contributed by atoms with Gasteiger partial charge in [0.25, 0.3) is 0 Å². The average molecular weight is 280 g/mol. The summed E-state index contributed by atoms with van der Waals surface area (Å²) in [7, 11) is 3.95. The maximum absolute atomic E-state index is 5.77. The first kappa shape index (κ1) is 14.5. The highest BCUT2D eigenvalue weighted by Crippen LogP contribution is 2.32. The van der Waals surface area contributed by atoms with Crippen LogP contribution in [0.1, 0.15) is 25.7 Å². The second kappa shape index (κ2) is 7.06. The molecule has 2 rings (SSSR count). The molecule has 4 heteroatoms. The van der Waals surface area contributed by atoms with Crippen LogP contribution >= 0.6 is 11.8 Å². The van der Waals surface area contributed by atoms with E-state index in [0.717, 1.165) is 23.2 Å². The minimum atomic E-state index is 0.751. The Morgan fingerprint density at radius 3 is 3.00 bits per heavy atom. The van der Waals surface area contributed by atoms with E-state index in [4.69, 9.17) is 10.5 Å². The van der Waals surface area contributed by atoms with Crippen molar-refractivity contribution in [2.75, 3.05) is 32.2 Å². The van der Waals surface area contributed by atoms with Gasteiger partial charge in [0, 0.05) is 22.7 Å². The van der Waals surface area contributed by atoms with Gasteiger partial charge >= 0.3 is 0 Å². The summed E-state index contributed by atoms with van der Waals surface area (Å²) in [6, 6.07) is 6.65. The van der Waals surface area contributed by atoms with E-state index in [1.54, 1.807) is 7.11 Å². The van der Waals surface area contributed by atoms with Crippen molar-refractivity contribution in [3.05, 3.63) is 18.2 Å². The van der Waals surface area contributed by atoms with Gasteiger partial charge in [-0.2, -0.15) is 0 Å². The topological polar surface area (TPSA) is 38.5 Å². The summed E-state index contributed by atoms with van der Waals surface area (Å²) in [6.07, 6.45) is 5.32. The molecule has 1 aromatic carbocycles. The number of likely N-dealkylation sites (tertiary alicyclic amines) is 1. The maximum Gasteiger partial charge on any atom is 0.134 e. The molecule has 1 aliphatic rings. The monoisotopic (exact) mass is 280 g/mol. The maximum atomic E-state index is 5.77. The second-order valence-corrected chi connectivity index (χ2v) is 6.31. The molecule has 0 saturated carbocycles. The van der Waals surface area contributed by atoms with Gasteiger partial charge in [0.1, 0.15) is 5.75 Å². The number of nitrogens with two attached hydrogens (primary N) is 1. The Hall–Kier alpha value is -0.870. The molecular weight excluding hydrogens is 256 g/mol. The summed E-state index contributed by atoms with van der Waals surface area (Å²) >= 11 is 1.87. The van der Waals surface area contributed by atoms with E-state index in [1.165, 1.54) is 37.1 Å². The van der Waals surface area contributed by atoms with Gasteiger partial charge in [-0.05, 0) is 50.7 Å². The molecule has 1 aromatic rings. The normalized spacial score (nSPS) is 20.4. The molecule has 1 heterocycles. The number of thioether (sulfide) groups is 1. The van der Waals surface area contributed by atoms with Crippen LogP contribution in [-0.2, 0) is 0 Å². The fraction of sp³-hybridized carbons (Fsp3) is 0.600. The number of nitrogens with zero attached hydrogens (tertiary/aromatic N) is 1. The number of hydrogen-bond acceptors (Lipinski definition) is 4. The Kier molecular flexibility index (Phi) is 5.40. The van der Waals surface area contributed by atoms with Gasteiger partial charge in [-0.25, -0.2) is 0 Å². The molecule has 1 aliphatic heterocycles. The van der Waals surface area contributed by atoms with Crippen LogP contribution in [0.3, 0.4) is 0 Å². The molecule has 1 fully saturated rings. The molecule has 19 heavy (non-hydrogen) atoms. The van der Waals surface area contributed by atoms with E-state index >= 15 is 0 Å². The molecular formula is C15H24N2OS. The summed E-state index contributed by atoms with van der Waals surface area (Å²) in [5, 5.41) is 0. The summed E-state index contributed by atoms with van der Waals surface area (Å²) in [4.78, 5) is 3.69. The first-order chi connectivity index (χ1) is 9.20. The summed E-state index contributed by atoms with van der Waals surface area (Å²) < 4.78 is 5.38. The zero-order valence-electron chi connectivity index (χ0n) is 11.9. The molecule has 0 aliphatic carbocycles. The van der Waals surface area contributed by atoms with Gasteiger partial charge in [0.2, 0.25) is 0 Å². The van der Waals surface area contributed by atoms with E-state index in [9.17, 15) is 0 Å². The van der Waals surface area contributed by atoms with E-state index in [0.29, 0.717) is 0 Å². The smallest absolute Gasteiger partial charge is 0.134 e. The third-order valence-corrected chi connectivity index (χ3v) is 4.91. The van der Waals surface area contributed by atoms with Crippen molar-refractivity contribution in [1.29, 1.82) is 0 Å². The third kappa shape index (κ3) is 4.05. The van der Waals surface area contributed by atoms with Gasteiger partial charge in [-0.15, -0.1) is 11.8 Å². The van der Waals surface area contributed by atoms with Gasteiger partial charge in [0.15, 0.2) is 0 Å². The van der Waals surface area contributed by atoms with E-state index < -0.39 is 0 Å². The molecule has 2 N–H and O–H groups in total. The minimum Gasteiger partial charge on any atom is -0.496 e. The quantitative estimate of drug-likeness (QED) is 0.664. The first-order valence-electron chi connectivity index (χ1n) is 6.97. The van der Waals surface area contributed by atoms with E-state index in [-0.39, 0.29) is 0 Å². The van der Waals surface area contributed by atoms with Gasteiger partial charge in [0.05, 0.1) is 7.11 Å². The molecule has 1 saturated heterocycles. The van der Waals surface area contributed by atoms with Crippen molar-refractivity contribution in [3.8, 4) is 5.75 Å². The lowest BCUT2D eigenvalue weighted by molar-refractivity contribution is 0.182. The molecule has 106 valence electrons. The lowest BCUT2D eigenvalue weighted by Gasteiger charge is -2.32. The predicted molar refractivity (Wildman–Crippen MR) is 83.0 cm³/mol. The number of nitrogen functional groups attached to an aromatic ring is 1. The highest BCUT2D eigenvalue weighted by molar-refractivity contribution is 7.99. The van der Waals surface area contributed by atoms with Gasteiger partial charge < -0.3 is 15.4 Å². The summed E-state index contributed by atoms with van der Waals surface area (Å²) in [6.45, 7) is 1.25. The van der Waals surface area contributed by atoms with Gasteiger partial charge in [-0.3, -0.25) is 0 Å². The average Bonchev–Trinajstić information content (AvgIpc) is 2.42. The Balaban J connectivity index is 1.85. The highest BCUT2D eigenvalue weighted by atomic mass is 32.2. The SMILES string of the molecule is COc1cc(N)ccc1SCCC1CCCCN1C. The molecule has 0 spiro atoms. The Morgan fingerprint density at radius 1 is 1.42 bits per heavy atom. The molecule has 0 bridgehead atoms. The number of benzene rings is 1. The van der Waals surface area contributed by atoms with Crippen molar-refractivity contribution in [1.82, 2.24) is 4.90 Å². The molecule has 0 amide bonds. The van der Waals surface area contributed by atoms with Crippen molar-refractivity contribution < 1.29 is 4.74 Å². The Morgan fingerprint density at radius 2 is 2.26 bits per heavy atom. The molecule has 0 aromatic heterocycles. The Labute approximate surface area is 120 Å². The lowest BCUT2D eigenvalue weighted by atomic mass is 10.0. The largest absolute Gasteiger partial charge is 0.496 e. The Bertz CT molecular complexity index is 411. The van der Waals surface area contributed by atoms with Crippen LogP contribution in [0, 0.1) is 0 Å². The number of ether oxygens (including phenoxy) is 1. The second-order valence-electron chi connectivity index (χ2n) is 5.18. The van der Waals surface area contributed by atoms with E-state index in [2.05, 4.69) is 18.0 Å². The third-order valence-electron chi connectivity index (χ3n) is 3.82. The van der Waals surface area contributed by atoms with Crippen LogP contribution in [0.15, 0.2) is 23.1 Å². The predicted octanol–water partition coefficient (Wildman–Crippen LogP) is 3.24. The first-order valence-corrected chi connectivity index (χ1v) is 7.96. The van der Waals surface area contributed by atoms with Crippen molar-refractivity contribution >= 4 is 17.4 Å². The number of anilines is 1. The zero-order chi connectivity index (χ0) is 13.7. The molecule has 0 radical (unpaired) electrons. The number of rotatable bonds is 5. The van der Waals surface area contributed by atoms with Crippen molar-refractivity contribution in [2.24, 2.45) is 0 Å². The summed E-state index contributed by atoms with van der Waals surface area (Å²) in [5.41, 5.74) is 6.53. The van der Waals surface area contributed by atoms with Crippen LogP contribution in [0.4, 0.5) is 5.69 Å². The highest BCUT2D eigenvalue weighted by Gasteiger charge is 2.18. The number of methoxy groups -OCH3 is 1. The van der Waals surface area contributed by atoms with Crippen LogP contribution in [-0.4, -0.2) is 37.4 Å². The summed E-state index contributed by atoms with van der Waals surface area (Å²) in [5.74, 6) is 2.02. The minimum absolute atomic E-state index is 0.751. The zero-order valence-corrected chi connectivity index (χ0v) is 12.7. The fourth-order valence-corrected chi connectivity index (χ4v) is 3.68. The van der Waals surface area contributed by atoms with Crippen LogP contribution < -0.4 is 10.5 Å². The van der Waals surface area contributed by atoms with Crippen molar-refractivity contribution in [2.45, 2.75) is 36.6 Å². The molecule has 1 unspecified atom stereocenters. The standard InChI is InChI=1S/C15H24N2OS/c1-17-9-4-3-5-13(17)8-10-19-15-7-6-12(16)11-14(15)18-2/h6-7,11,13H,3-5,8-10,16H2,1-2H3. The molecule has 1 atom stereocenters. The number of piperidine rings is 1. The number of hydrogen-bond donors (Lipinski definition) is 1. The van der Waals surface area contributed by atoms with Crippen molar-refractivity contribution in [3.63, 3.8) is 0 Å². The van der Waals surface area contributed by atoms with Crippen LogP contribution in [0.2, 0.25) is 0 Å². The van der Waals surface area contributed by atoms with Gasteiger partial charge in [-0.1, -0.05) is 6.42 Å². The fourth-order valence-electron chi connectivity index (χ4n) is 2.62. The van der Waals surface area contributed by atoms with Crippen LogP contribution in [0.5, 0.6) is 5.75 Å².